The summed E-state index contributed by atoms with van der Waals surface area (Å²) in [4.78, 5) is 2.39. The zero-order chi connectivity index (χ0) is 15.4. The first-order chi connectivity index (χ1) is 10.7. The van der Waals surface area contributed by atoms with E-state index < -0.39 is 0 Å². The fourth-order valence-electron chi connectivity index (χ4n) is 2.81. The van der Waals surface area contributed by atoms with Crippen molar-refractivity contribution in [3.05, 3.63) is 59.1 Å². The molecule has 2 N–H and O–H groups in total. The molecule has 0 unspecified atom stereocenters. The average Bonchev–Trinajstić information content (AvgIpc) is 2.54. The summed E-state index contributed by atoms with van der Waals surface area (Å²) < 4.78 is 6.02. The van der Waals surface area contributed by atoms with Gasteiger partial charge in [0.05, 0.1) is 12.7 Å². The standard InChI is InChI=1S/C18H21ClN2O/c19-15-3-1-2-14(12-15)13-22-18-8-10-21(11-9-18)17-6-4-16(20)5-7-17/h1-7,12,18H,8-11,13,20H2. The van der Waals surface area contributed by atoms with Crippen LogP contribution in [0.25, 0.3) is 0 Å². The molecule has 1 heterocycles. The fourth-order valence-corrected chi connectivity index (χ4v) is 3.02. The molecule has 0 bridgehead atoms. The molecule has 0 aliphatic carbocycles. The molecule has 2 aromatic carbocycles. The molecule has 1 fully saturated rings. The van der Waals surface area contributed by atoms with Gasteiger partial charge in [0.1, 0.15) is 0 Å². The van der Waals surface area contributed by atoms with Gasteiger partial charge in [-0.05, 0) is 54.8 Å². The van der Waals surface area contributed by atoms with Gasteiger partial charge in [0, 0.05) is 29.5 Å². The third-order valence-electron chi connectivity index (χ3n) is 4.07. The Balaban J connectivity index is 1.48. The van der Waals surface area contributed by atoms with Crippen molar-refractivity contribution in [2.75, 3.05) is 23.7 Å². The van der Waals surface area contributed by atoms with Crippen LogP contribution in [0.3, 0.4) is 0 Å². The lowest BCUT2D eigenvalue weighted by Crippen LogP contribution is -2.36. The van der Waals surface area contributed by atoms with Gasteiger partial charge in [-0.15, -0.1) is 0 Å². The van der Waals surface area contributed by atoms with E-state index in [4.69, 9.17) is 22.1 Å². The number of halogens is 1. The van der Waals surface area contributed by atoms with Gasteiger partial charge in [0.25, 0.3) is 0 Å². The summed E-state index contributed by atoms with van der Waals surface area (Å²) in [5.41, 5.74) is 8.92. The van der Waals surface area contributed by atoms with Crippen LogP contribution in [0.1, 0.15) is 18.4 Å². The van der Waals surface area contributed by atoms with E-state index in [-0.39, 0.29) is 0 Å². The first kappa shape index (κ1) is 15.2. The molecule has 1 aliphatic rings. The Kier molecular flexibility index (Phi) is 4.86. The number of hydrogen-bond acceptors (Lipinski definition) is 3. The monoisotopic (exact) mass is 316 g/mol. The Hall–Kier alpha value is -1.71. The Morgan fingerprint density at radius 3 is 2.50 bits per heavy atom. The van der Waals surface area contributed by atoms with E-state index in [0.717, 1.165) is 42.2 Å². The van der Waals surface area contributed by atoms with E-state index in [0.29, 0.717) is 12.7 Å². The first-order valence-corrected chi connectivity index (χ1v) is 8.05. The Labute approximate surface area is 136 Å². The summed E-state index contributed by atoms with van der Waals surface area (Å²) >= 11 is 5.99. The number of benzene rings is 2. The highest BCUT2D eigenvalue weighted by molar-refractivity contribution is 6.30. The highest BCUT2D eigenvalue weighted by Crippen LogP contribution is 2.23. The van der Waals surface area contributed by atoms with Crippen LogP contribution in [0.5, 0.6) is 0 Å². The first-order valence-electron chi connectivity index (χ1n) is 7.67. The maximum Gasteiger partial charge on any atom is 0.0721 e. The maximum atomic E-state index is 6.02. The zero-order valence-electron chi connectivity index (χ0n) is 12.5. The molecule has 0 amide bonds. The van der Waals surface area contributed by atoms with Crippen LogP contribution < -0.4 is 10.6 Å². The molecule has 4 heteroatoms. The Morgan fingerprint density at radius 2 is 1.82 bits per heavy atom. The quantitative estimate of drug-likeness (QED) is 0.863. The molecule has 1 aliphatic heterocycles. The molecule has 3 rings (SSSR count). The lowest BCUT2D eigenvalue weighted by molar-refractivity contribution is 0.0251. The van der Waals surface area contributed by atoms with E-state index in [1.807, 2.05) is 30.3 Å². The second kappa shape index (κ2) is 7.03. The normalized spacial score (nSPS) is 16.0. The van der Waals surface area contributed by atoms with E-state index in [9.17, 15) is 0 Å². The molecular formula is C18H21ClN2O. The fraction of sp³-hybridized carbons (Fsp3) is 0.333. The average molecular weight is 317 g/mol. The SMILES string of the molecule is Nc1ccc(N2CCC(OCc3cccc(Cl)c3)CC2)cc1. The summed E-state index contributed by atoms with van der Waals surface area (Å²) in [6.07, 6.45) is 2.42. The van der Waals surface area contributed by atoms with Gasteiger partial charge in [-0.2, -0.15) is 0 Å². The lowest BCUT2D eigenvalue weighted by atomic mass is 10.1. The molecule has 0 atom stereocenters. The third-order valence-corrected chi connectivity index (χ3v) is 4.31. The van der Waals surface area contributed by atoms with E-state index in [1.54, 1.807) is 0 Å². The molecule has 1 saturated heterocycles. The summed E-state index contributed by atoms with van der Waals surface area (Å²) in [5.74, 6) is 0. The van der Waals surface area contributed by atoms with Crippen molar-refractivity contribution in [1.29, 1.82) is 0 Å². The Morgan fingerprint density at radius 1 is 1.09 bits per heavy atom. The van der Waals surface area contributed by atoms with Crippen LogP contribution in [0.4, 0.5) is 11.4 Å². The number of rotatable bonds is 4. The van der Waals surface area contributed by atoms with Crippen molar-refractivity contribution < 1.29 is 4.74 Å². The van der Waals surface area contributed by atoms with Crippen molar-refractivity contribution in [3.8, 4) is 0 Å². The van der Waals surface area contributed by atoms with Crippen molar-refractivity contribution in [3.63, 3.8) is 0 Å². The second-order valence-corrected chi connectivity index (χ2v) is 6.16. The van der Waals surface area contributed by atoms with Gasteiger partial charge in [0.2, 0.25) is 0 Å². The third kappa shape index (κ3) is 3.93. The van der Waals surface area contributed by atoms with Crippen LogP contribution in [-0.4, -0.2) is 19.2 Å². The minimum Gasteiger partial charge on any atom is -0.399 e. The molecular weight excluding hydrogens is 296 g/mol. The summed E-state index contributed by atoms with van der Waals surface area (Å²) in [5, 5.41) is 0.763. The van der Waals surface area contributed by atoms with E-state index >= 15 is 0 Å². The number of nitrogens with two attached hydrogens (primary N) is 1. The molecule has 0 saturated carbocycles. The molecule has 3 nitrogen and oxygen atoms in total. The van der Waals surface area contributed by atoms with Crippen molar-refractivity contribution in [2.24, 2.45) is 0 Å². The number of ether oxygens (including phenoxy) is 1. The molecule has 0 spiro atoms. The molecule has 2 aromatic rings. The topological polar surface area (TPSA) is 38.5 Å². The van der Waals surface area contributed by atoms with Gasteiger partial charge in [-0.3, -0.25) is 0 Å². The van der Waals surface area contributed by atoms with Crippen LogP contribution in [0.2, 0.25) is 5.02 Å². The van der Waals surface area contributed by atoms with Crippen LogP contribution in [0.15, 0.2) is 48.5 Å². The van der Waals surface area contributed by atoms with Gasteiger partial charge in [-0.1, -0.05) is 23.7 Å². The number of nitrogen functional groups attached to an aromatic ring is 1. The predicted octanol–water partition coefficient (Wildman–Crippen LogP) is 4.11. The Bertz CT molecular complexity index is 607. The number of hydrogen-bond donors (Lipinski definition) is 1. The minimum absolute atomic E-state index is 0.323. The highest BCUT2D eigenvalue weighted by atomic mass is 35.5. The smallest absolute Gasteiger partial charge is 0.0721 e. The molecule has 0 radical (unpaired) electrons. The van der Waals surface area contributed by atoms with Gasteiger partial charge >= 0.3 is 0 Å². The van der Waals surface area contributed by atoms with Crippen molar-refractivity contribution in [2.45, 2.75) is 25.6 Å². The van der Waals surface area contributed by atoms with Crippen LogP contribution in [0, 0.1) is 0 Å². The lowest BCUT2D eigenvalue weighted by Gasteiger charge is -2.33. The number of anilines is 2. The van der Waals surface area contributed by atoms with Crippen molar-refractivity contribution in [1.82, 2.24) is 0 Å². The number of nitrogens with zero attached hydrogens (tertiary/aromatic N) is 1. The maximum absolute atomic E-state index is 6.02. The highest BCUT2D eigenvalue weighted by Gasteiger charge is 2.19. The zero-order valence-corrected chi connectivity index (χ0v) is 13.3. The predicted molar refractivity (Wildman–Crippen MR) is 92.3 cm³/mol. The van der Waals surface area contributed by atoms with Gasteiger partial charge in [0.15, 0.2) is 0 Å². The minimum atomic E-state index is 0.323. The summed E-state index contributed by atoms with van der Waals surface area (Å²) in [6.45, 7) is 2.67. The van der Waals surface area contributed by atoms with Crippen molar-refractivity contribution >= 4 is 23.0 Å². The van der Waals surface area contributed by atoms with E-state index in [1.165, 1.54) is 5.69 Å². The molecule has 0 aromatic heterocycles. The molecule has 22 heavy (non-hydrogen) atoms. The van der Waals surface area contributed by atoms with Gasteiger partial charge < -0.3 is 15.4 Å². The van der Waals surface area contributed by atoms with Crippen LogP contribution >= 0.6 is 11.6 Å². The van der Waals surface area contributed by atoms with Crippen LogP contribution in [-0.2, 0) is 11.3 Å². The summed E-state index contributed by atoms with van der Waals surface area (Å²) in [7, 11) is 0. The largest absolute Gasteiger partial charge is 0.399 e. The molecule has 116 valence electrons. The number of piperidine rings is 1. The summed E-state index contributed by atoms with van der Waals surface area (Å²) in [6, 6.07) is 15.9. The van der Waals surface area contributed by atoms with E-state index in [2.05, 4.69) is 23.1 Å². The van der Waals surface area contributed by atoms with Gasteiger partial charge in [-0.25, -0.2) is 0 Å². The second-order valence-electron chi connectivity index (χ2n) is 5.72.